The first-order chi connectivity index (χ1) is 4.70. The van der Waals surface area contributed by atoms with E-state index in [9.17, 15) is 4.79 Å². The SMILES string of the molecule is C[C@@H](OC1CNC1)C(=O)O. The molecule has 1 saturated heterocycles. The van der Waals surface area contributed by atoms with Gasteiger partial charge in [-0.05, 0) is 6.92 Å². The van der Waals surface area contributed by atoms with Gasteiger partial charge >= 0.3 is 5.97 Å². The number of nitrogens with one attached hydrogen (secondary N) is 1. The number of aliphatic carboxylic acids is 1. The van der Waals surface area contributed by atoms with Gasteiger partial charge in [0.15, 0.2) is 6.10 Å². The minimum atomic E-state index is -0.896. The summed E-state index contributed by atoms with van der Waals surface area (Å²) in [5.74, 6) is -0.896. The average molecular weight is 145 g/mol. The summed E-state index contributed by atoms with van der Waals surface area (Å²) in [6.45, 7) is 3.09. The highest BCUT2D eigenvalue weighted by atomic mass is 16.5. The second-order valence-electron chi connectivity index (χ2n) is 2.40. The summed E-state index contributed by atoms with van der Waals surface area (Å²) in [7, 11) is 0. The molecule has 1 rings (SSSR count). The molecule has 0 aromatic heterocycles. The average Bonchev–Trinajstić information content (AvgIpc) is 1.77. The molecule has 0 amide bonds. The topological polar surface area (TPSA) is 58.6 Å². The molecule has 1 aliphatic rings. The number of hydrogen-bond acceptors (Lipinski definition) is 3. The fraction of sp³-hybridized carbons (Fsp3) is 0.833. The number of carboxylic acids is 1. The maximum absolute atomic E-state index is 10.2. The maximum Gasteiger partial charge on any atom is 0.332 e. The third-order valence-corrected chi connectivity index (χ3v) is 1.49. The van der Waals surface area contributed by atoms with Crippen LogP contribution in [0, 0.1) is 0 Å². The highest BCUT2D eigenvalue weighted by Crippen LogP contribution is 2.02. The maximum atomic E-state index is 10.2. The number of rotatable bonds is 3. The third-order valence-electron chi connectivity index (χ3n) is 1.49. The second-order valence-corrected chi connectivity index (χ2v) is 2.40. The zero-order valence-electron chi connectivity index (χ0n) is 5.83. The summed E-state index contributed by atoms with van der Waals surface area (Å²) < 4.78 is 5.09. The van der Waals surface area contributed by atoms with E-state index >= 15 is 0 Å². The van der Waals surface area contributed by atoms with E-state index in [0.717, 1.165) is 13.1 Å². The molecule has 0 spiro atoms. The summed E-state index contributed by atoms with van der Waals surface area (Å²) in [6.07, 6.45) is -0.571. The van der Waals surface area contributed by atoms with E-state index < -0.39 is 12.1 Å². The number of hydrogen-bond donors (Lipinski definition) is 2. The molecule has 1 heterocycles. The van der Waals surface area contributed by atoms with Crippen molar-refractivity contribution in [2.75, 3.05) is 13.1 Å². The molecule has 0 aromatic carbocycles. The Labute approximate surface area is 59.2 Å². The lowest BCUT2D eigenvalue weighted by Gasteiger charge is -2.28. The highest BCUT2D eigenvalue weighted by Gasteiger charge is 2.22. The van der Waals surface area contributed by atoms with Crippen LogP contribution in [0.4, 0.5) is 0 Å². The van der Waals surface area contributed by atoms with Gasteiger partial charge in [0.05, 0.1) is 6.10 Å². The summed E-state index contributed by atoms with van der Waals surface area (Å²) in [6, 6.07) is 0. The third kappa shape index (κ3) is 1.68. The summed E-state index contributed by atoms with van der Waals surface area (Å²) in [5.41, 5.74) is 0. The van der Waals surface area contributed by atoms with Gasteiger partial charge < -0.3 is 15.2 Å². The van der Waals surface area contributed by atoms with Crippen LogP contribution in [0.15, 0.2) is 0 Å². The Morgan fingerprint density at radius 3 is 2.70 bits per heavy atom. The first-order valence-electron chi connectivity index (χ1n) is 3.29. The lowest BCUT2D eigenvalue weighted by Crippen LogP contribution is -2.50. The van der Waals surface area contributed by atoms with Gasteiger partial charge in [0.25, 0.3) is 0 Å². The Morgan fingerprint density at radius 2 is 2.40 bits per heavy atom. The quantitative estimate of drug-likeness (QED) is 0.559. The van der Waals surface area contributed by atoms with Crippen molar-refractivity contribution in [1.82, 2.24) is 5.32 Å². The Bertz CT molecular complexity index is 133. The van der Waals surface area contributed by atoms with Crippen LogP contribution >= 0.6 is 0 Å². The van der Waals surface area contributed by atoms with Gasteiger partial charge in [-0.15, -0.1) is 0 Å². The van der Waals surface area contributed by atoms with Crippen molar-refractivity contribution in [2.45, 2.75) is 19.1 Å². The summed E-state index contributed by atoms with van der Waals surface area (Å²) in [4.78, 5) is 10.2. The van der Waals surface area contributed by atoms with Crippen LogP contribution in [0.2, 0.25) is 0 Å². The van der Waals surface area contributed by atoms with Crippen molar-refractivity contribution in [3.8, 4) is 0 Å². The predicted molar refractivity (Wildman–Crippen MR) is 34.8 cm³/mol. The van der Waals surface area contributed by atoms with E-state index in [1.165, 1.54) is 0 Å². The van der Waals surface area contributed by atoms with Crippen LogP contribution in [0.3, 0.4) is 0 Å². The van der Waals surface area contributed by atoms with Crippen LogP contribution in [0.25, 0.3) is 0 Å². The molecule has 1 atom stereocenters. The van der Waals surface area contributed by atoms with Crippen LogP contribution in [0.1, 0.15) is 6.92 Å². The Balaban J connectivity index is 2.16. The smallest absolute Gasteiger partial charge is 0.332 e. The fourth-order valence-electron chi connectivity index (χ4n) is 0.705. The Kier molecular flexibility index (Phi) is 2.24. The molecule has 0 saturated carbocycles. The van der Waals surface area contributed by atoms with Gasteiger partial charge in [0.1, 0.15) is 0 Å². The molecule has 4 heteroatoms. The molecule has 58 valence electrons. The fourth-order valence-corrected chi connectivity index (χ4v) is 0.705. The van der Waals surface area contributed by atoms with Crippen LogP contribution in [-0.4, -0.2) is 36.4 Å². The van der Waals surface area contributed by atoms with Gasteiger partial charge in [-0.1, -0.05) is 0 Å². The molecule has 2 N–H and O–H groups in total. The number of carbonyl (C=O) groups is 1. The first kappa shape index (κ1) is 7.50. The van der Waals surface area contributed by atoms with Gasteiger partial charge in [-0.3, -0.25) is 0 Å². The van der Waals surface area contributed by atoms with E-state index in [1.807, 2.05) is 0 Å². The van der Waals surface area contributed by atoms with Gasteiger partial charge in [-0.25, -0.2) is 4.79 Å². The van der Waals surface area contributed by atoms with Gasteiger partial charge in [-0.2, -0.15) is 0 Å². The lowest BCUT2D eigenvalue weighted by molar-refractivity contribution is -0.154. The van der Waals surface area contributed by atoms with Crippen molar-refractivity contribution >= 4 is 5.97 Å². The highest BCUT2D eigenvalue weighted by molar-refractivity contribution is 5.71. The number of ether oxygens (including phenoxy) is 1. The van der Waals surface area contributed by atoms with E-state index in [-0.39, 0.29) is 6.10 Å². The van der Waals surface area contributed by atoms with E-state index in [0.29, 0.717) is 0 Å². The van der Waals surface area contributed by atoms with Crippen LogP contribution in [0.5, 0.6) is 0 Å². The zero-order chi connectivity index (χ0) is 7.56. The molecule has 10 heavy (non-hydrogen) atoms. The Hall–Kier alpha value is -0.610. The molecule has 1 fully saturated rings. The minimum absolute atomic E-state index is 0.103. The van der Waals surface area contributed by atoms with Gasteiger partial charge in [0, 0.05) is 13.1 Å². The minimum Gasteiger partial charge on any atom is -0.479 e. The zero-order valence-corrected chi connectivity index (χ0v) is 5.83. The first-order valence-corrected chi connectivity index (χ1v) is 3.29. The second kappa shape index (κ2) is 2.98. The molecule has 0 aliphatic carbocycles. The van der Waals surface area contributed by atoms with Crippen molar-refractivity contribution in [3.63, 3.8) is 0 Å². The van der Waals surface area contributed by atoms with E-state index in [2.05, 4.69) is 5.32 Å². The predicted octanol–water partition coefficient (Wildman–Crippen LogP) is -0.552. The van der Waals surface area contributed by atoms with Crippen molar-refractivity contribution in [3.05, 3.63) is 0 Å². The summed E-state index contributed by atoms with van der Waals surface area (Å²) >= 11 is 0. The molecule has 4 nitrogen and oxygen atoms in total. The molecular weight excluding hydrogens is 134 g/mol. The monoisotopic (exact) mass is 145 g/mol. The summed E-state index contributed by atoms with van der Waals surface area (Å²) in [5, 5.41) is 11.4. The van der Waals surface area contributed by atoms with Crippen LogP contribution < -0.4 is 5.32 Å². The standard InChI is InChI=1S/C6H11NO3/c1-4(6(8)9)10-5-2-7-3-5/h4-5,7H,2-3H2,1H3,(H,8,9)/t4-/m1/s1. The largest absolute Gasteiger partial charge is 0.479 e. The number of carboxylic acid groups (broad SMARTS) is 1. The molecule has 0 unspecified atom stereocenters. The van der Waals surface area contributed by atoms with E-state index in [4.69, 9.17) is 9.84 Å². The Morgan fingerprint density at radius 1 is 1.80 bits per heavy atom. The van der Waals surface area contributed by atoms with Gasteiger partial charge in [0.2, 0.25) is 0 Å². The van der Waals surface area contributed by atoms with E-state index in [1.54, 1.807) is 6.92 Å². The molecular formula is C6H11NO3. The normalized spacial score (nSPS) is 21.7. The molecule has 0 aromatic rings. The molecule has 1 aliphatic heterocycles. The van der Waals surface area contributed by atoms with Crippen LogP contribution in [-0.2, 0) is 9.53 Å². The van der Waals surface area contributed by atoms with Crippen molar-refractivity contribution < 1.29 is 14.6 Å². The molecule has 0 radical (unpaired) electrons. The lowest BCUT2D eigenvalue weighted by atomic mass is 10.2. The van der Waals surface area contributed by atoms with Crippen molar-refractivity contribution in [1.29, 1.82) is 0 Å². The molecule has 0 bridgehead atoms. The van der Waals surface area contributed by atoms with Crippen molar-refractivity contribution in [2.24, 2.45) is 0 Å².